The van der Waals surface area contributed by atoms with Crippen molar-refractivity contribution in [3.8, 4) is 0 Å². The molecular formula is C14H16N2O7S. The van der Waals surface area contributed by atoms with Gasteiger partial charge in [-0.25, -0.2) is 9.69 Å². The van der Waals surface area contributed by atoms with Gasteiger partial charge in [0, 0.05) is 4.88 Å². The molecule has 0 aromatic carbocycles. The Morgan fingerprint density at radius 1 is 1.25 bits per heavy atom. The van der Waals surface area contributed by atoms with Crippen LogP contribution in [0, 0.1) is 0 Å². The molecule has 10 heteroatoms. The predicted octanol–water partition coefficient (Wildman–Crippen LogP) is -1.56. The minimum absolute atomic E-state index is 0.000546. The molecule has 1 aromatic rings. The molecule has 2 aliphatic rings. The monoisotopic (exact) mass is 356 g/mol. The summed E-state index contributed by atoms with van der Waals surface area (Å²) in [7, 11) is 0. The number of carbonyl (C=O) groups is 2. The van der Waals surface area contributed by atoms with E-state index in [2.05, 4.69) is 5.32 Å². The average Bonchev–Trinajstić information content (AvgIpc) is 3.16. The Labute approximate surface area is 140 Å². The van der Waals surface area contributed by atoms with Crippen LogP contribution in [-0.4, -0.2) is 74.5 Å². The Morgan fingerprint density at radius 2 is 2.00 bits per heavy atom. The largest absolute Gasteiger partial charge is 0.394 e. The summed E-state index contributed by atoms with van der Waals surface area (Å²) in [6.45, 7) is -0.650. The molecule has 3 amide bonds. The van der Waals surface area contributed by atoms with Crippen LogP contribution < -0.4 is 5.32 Å². The van der Waals surface area contributed by atoms with Gasteiger partial charge in [-0.05, 0) is 17.5 Å². The maximum Gasteiger partial charge on any atom is 0.331 e. The molecular weight excluding hydrogens is 340 g/mol. The Kier molecular flexibility index (Phi) is 4.67. The van der Waals surface area contributed by atoms with Crippen molar-refractivity contribution in [1.29, 1.82) is 0 Å². The molecule has 9 nitrogen and oxygen atoms in total. The summed E-state index contributed by atoms with van der Waals surface area (Å²) in [5.74, 6) is -0.738. The lowest BCUT2D eigenvalue weighted by molar-refractivity contribution is -0.253. The van der Waals surface area contributed by atoms with Gasteiger partial charge in [-0.3, -0.25) is 4.79 Å². The predicted molar refractivity (Wildman–Crippen MR) is 81.4 cm³/mol. The van der Waals surface area contributed by atoms with Gasteiger partial charge in [-0.2, -0.15) is 0 Å². The van der Waals surface area contributed by atoms with Crippen LogP contribution in [0.15, 0.2) is 23.2 Å². The van der Waals surface area contributed by atoms with E-state index < -0.39 is 49.2 Å². The van der Waals surface area contributed by atoms with E-state index in [0.717, 1.165) is 4.88 Å². The number of nitrogens with zero attached hydrogens (tertiary/aromatic N) is 1. The Morgan fingerprint density at radius 3 is 2.62 bits per heavy atom. The van der Waals surface area contributed by atoms with Crippen molar-refractivity contribution in [3.05, 3.63) is 28.1 Å². The maximum absolute atomic E-state index is 12.5. The van der Waals surface area contributed by atoms with Crippen molar-refractivity contribution in [3.63, 3.8) is 0 Å². The molecule has 2 saturated heterocycles. The number of hydrogen-bond acceptors (Lipinski definition) is 8. The lowest BCUT2D eigenvalue weighted by atomic mass is 9.98. The second-order valence-electron chi connectivity index (χ2n) is 5.40. The first-order valence-electron chi connectivity index (χ1n) is 7.14. The van der Waals surface area contributed by atoms with Gasteiger partial charge >= 0.3 is 6.03 Å². The SMILES string of the molecule is O=C1N/C(=C\c2cccs2)C(=O)N1[C@@H]1O[C@H](CO)[C@@H](O)[C@H](O)[C@H]1O. The fraction of sp³-hybridized carbons (Fsp3) is 0.429. The molecule has 3 heterocycles. The van der Waals surface area contributed by atoms with Gasteiger partial charge in [-0.1, -0.05) is 6.07 Å². The van der Waals surface area contributed by atoms with Crippen LogP contribution in [0.1, 0.15) is 4.88 Å². The number of nitrogens with one attached hydrogen (secondary N) is 1. The summed E-state index contributed by atoms with van der Waals surface area (Å²) < 4.78 is 5.25. The van der Waals surface area contributed by atoms with Gasteiger partial charge in [-0.15, -0.1) is 11.3 Å². The fourth-order valence-electron chi connectivity index (χ4n) is 2.59. The number of imide groups is 1. The number of thiophene rings is 1. The Balaban J connectivity index is 1.86. The molecule has 130 valence electrons. The van der Waals surface area contributed by atoms with Crippen molar-refractivity contribution >= 4 is 29.4 Å². The molecule has 0 aliphatic carbocycles. The number of urea groups is 1. The topological polar surface area (TPSA) is 140 Å². The average molecular weight is 356 g/mol. The molecule has 0 spiro atoms. The highest BCUT2D eigenvalue weighted by atomic mass is 32.1. The van der Waals surface area contributed by atoms with Gasteiger partial charge < -0.3 is 30.5 Å². The number of ether oxygens (including phenoxy) is 1. The minimum atomic E-state index is -1.71. The standard InChI is InChI=1S/C14H16N2O7S/c17-5-8-9(18)10(19)11(20)13(23-8)16-12(21)7(15-14(16)22)4-6-2-1-3-24-6/h1-4,8-11,13,17-20H,5H2,(H,15,22)/b7-4-/t8-,9-,10+,11-,13-/m1/s1. The van der Waals surface area contributed by atoms with Crippen LogP contribution >= 0.6 is 11.3 Å². The third-order valence-corrected chi connectivity index (χ3v) is 4.68. The fourth-order valence-corrected chi connectivity index (χ4v) is 3.25. The summed E-state index contributed by atoms with van der Waals surface area (Å²) in [4.78, 5) is 25.9. The quantitative estimate of drug-likeness (QED) is 0.326. The molecule has 3 rings (SSSR count). The van der Waals surface area contributed by atoms with Crippen LogP contribution in [0.25, 0.3) is 6.08 Å². The van der Waals surface area contributed by atoms with E-state index in [0.29, 0.717) is 4.90 Å². The summed E-state index contributed by atoms with van der Waals surface area (Å²) in [6.07, 6.45) is -6.20. The Hall–Kier alpha value is -1.82. The molecule has 0 bridgehead atoms. The van der Waals surface area contributed by atoms with Crippen LogP contribution in [0.3, 0.4) is 0 Å². The zero-order valence-electron chi connectivity index (χ0n) is 12.3. The van der Waals surface area contributed by atoms with E-state index in [9.17, 15) is 30.0 Å². The van der Waals surface area contributed by atoms with Crippen molar-refractivity contribution in [2.24, 2.45) is 0 Å². The number of amides is 3. The molecule has 2 fully saturated rings. The summed E-state index contributed by atoms with van der Waals surface area (Å²) in [5, 5.41) is 43.0. The van der Waals surface area contributed by atoms with Gasteiger partial charge in [0.15, 0.2) is 6.23 Å². The van der Waals surface area contributed by atoms with Crippen LogP contribution in [-0.2, 0) is 9.53 Å². The van der Waals surface area contributed by atoms with E-state index in [1.807, 2.05) is 5.38 Å². The second-order valence-corrected chi connectivity index (χ2v) is 6.38. The van der Waals surface area contributed by atoms with Gasteiger partial charge in [0.25, 0.3) is 5.91 Å². The molecule has 1 aromatic heterocycles. The van der Waals surface area contributed by atoms with Gasteiger partial charge in [0.2, 0.25) is 0 Å². The highest BCUT2D eigenvalue weighted by Crippen LogP contribution is 2.27. The number of rotatable bonds is 3. The van der Waals surface area contributed by atoms with Gasteiger partial charge in [0.1, 0.15) is 30.1 Å². The van der Waals surface area contributed by atoms with Crippen LogP contribution in [0.4, 0.5) is 4.79 Å². The van der Waals surface area contributed by atoms with E-state index in [-0.39, 0.29) is 5.70 Å². The summed E-state index contributed by atoms with van der Waals surface area (Å²) >= 11 is 1.37. The first-order chi connectivity index (χ1) is 11.4. The molecule has 5 N–H and O–H groups in total. The van der Waals surface area contributed by atoms with Crippen molar-refractivity contribution in [2.75, 3.05) is 6.61 Å². The van der Waals surface area contributed by atoms with E-state index in [4.69, 9.17) is 4.74 Å². The smallest absolute Gasteiger partial charge is 0.331 e. The minimum Gasteiger partial charge on any atom is -0.394 e. The van der Waals surface area contributed by atoms with Crippen molar-refractivity contribution in [2.45, 2.75) is 30.6 Å². The van der Waals surface area contributed by atoms with Crippen LogP contribution in [0.2, 0.25) is 0 Å². The number of carbonyl (C=O) groups excluding carboxylic acids is 2. The van der Waals surface area contributed by atoms with Crippen molar-refractivity contribution < 1.29 is 34.8 Å². The number of aliphatic hydroxyl groups is 4. The summed E-state index contributed by atoms with van der Waals surface area (Å²) in [5.41, 5.74) is -0.000546. The third-order valence-electron chi connectivity index (χ3n) is 3.86. The lowest BCUT2D eigenvalue weighted by Crippen LogP contribution is -2.64. The second kappa shape index (κ2) is 6.59. The molecule has 0 radical (unpaired) electrons. The number of aliphatic hydroxyl groups excluding tert-OH is 4. The highest BCUT2D eigenvalue weighted by molar-refractivity contribution is 7.10. The maximum atomic E-state index is 12.5. The van der Waals surface area contributed by atoms with Crippen LogP contribution in [0.5, 0.6) is 0 Å². The molecule has 24 heavy (non-hydrogen) atoms. The molecule has 0 unspecified atom stereocenters. The molecule has 0 saturated carbocycles. The lowest BCUT2D eigenvalue weighted by Gasteiger charge is -2.42. The first kappa shape index (κ1) is 17.0. The molecule has 2 aliphatic heterocycles. The number of hydrogen-bond donors (Lipinski definition) is 5. The van der Waals surface area contributed by atoms with Crippen molar-refractivity contribution in [1.82, 2.24) is 10.2 Å². The Bertz CT molecular complexity index is 660. The van der Waals surface area contributed by atoms with E-state index in [1.165, 1.54) is 17.4 Å². The highest BCUT2D eigenvalue weighted by Gasteiger charge is 2.51. The zero-order valence-corrected chi connectivity index (χ0v) is 13.1. The third kappa shape index (κ3) is 2.83. The zero-order chi connectivity index (χ0) is 17.4. The van der Waals surface area contributed by atoms with E-state index in [1.54, 1.807) is 12.1 Å². The summed E-state index contributed by atoms with van der Waals surface area (Å²) in [6, 6.07) is 2.72. The normalized spacial score (nSPS) is 35.6. The van der Waals surface area contributed by atoms with E-state index >= 15 is 0 Å². The molecule has 5 atom stereocenters. The van der Waals surface area contributed by atoms with Gasteiger partial charge in [0.05, 0.1) is 6.61 Å². The first-order valence-corrected chi connectivity index (χ1v) is 8.02.